The van der Waals surface area contributed by atoms with Crippen molar-refractivity contribution in [2.24, 2.45) is 0 Å². The molecule has 1 atom stereocenters. The van der Waals surface area contributed by atoms with E-state index in [0.29, 0.717) is 35.9 Å². The number of amides is 1. The molecular weight excluding hydrogens is 435 g/mol. The van der Waals surface area contributed by atoms with E-state index < -0.39 is 5.82 Å². The summed E-state index contributed by atoms with van der Waals surface area (Å²) in [6.45, 7) is 1.02. The number of para-hydroxylation sites is 1. The third-order valence-electron chi connectivity index (χ3n) is 6.17. The molecule has 34 heavy (non-hydrogen) atoms. The highest BCUT2D eigenvalue weighted by Gasteiger charge is 2.29. The number of benzene rings is 1. The second-order valence-corrected chi connectivity index (χ2v) is 8.22. The highest BCUT2D eigenvalue weighted by Crippen LogP contribution is 2.27. The van der Waals surface area contributed by atoms with E-state index >= 15 is 0 Å². The first-order valence-corrected chi connectivity index (χ1v) is 11.3. The summed E-state index contributed by atoms with van der Waals surface area (Å²) < 4.78 is 20.0. The largest absolute Gasteiger partial charge is 0.496 e. The summed E-state index contributed by atoms with van der Waals surface area (Å²) in [4.78, 5) is 31.1. The molecule has 1 amide bonds. The molecule has 3 aromatic heterocycles. The second-order valence-electron chi connectivity index (χ2n) is 8.22. The van der Waals surface area contributed by atoms with E-state index in [2.05, 4.69) is 25.3 Å². The molecule has 5 rings (SSSR count). The zero-order chi connectivity index (χ0) is 23.5. The van der Waals surface area contributed by atoms with E-state index in [0.717, 1.165) is 30.2 Å². The summed E-state index contributed by atoms with van der Waals surface area (Å²) in [5.41, 5.74) is 1.99. The first kappa shape index (κ1) is 21.8. The van der Waals surface area contributed by atoms with Gasteiger partial charge in [0.15, 0.2) is 17.5 Å². The third-order valence-corrected chi connectivity index (χ3v) is 6.17. The highest BCUT2D eigenvalue weighted by molar-refractivity contribution is 5.97. The Morgan fingerprint density at radius 1 is 1.24 bits per heavy atom. The third kappa shape index (κ3) is 4.16. The van der Waals surface area contributed by atoms with Gasteiger partial charge in [-0.3, -0.25) is 4.79 Å². The quantitative estimate of drug-likeness (QED) is 0.446. The van der Waals surface area contributed by atoms with Crippen LogP contribution in [-0.4, -0.2) is 57.0 Å². The van der Waals surface area contributed by atoms with Crippen LogP contribution in [0.1, 0.15) is 29.6 Å². The number of aromatic amines is 1. The lowest BCUT2D eigenvalue weighted by atomic mass is 10.0. The van der Waals surface area contributed by atoms with E-state index in [9.17, 15) is 9.18 Å². The van der Waals surface area contributed by atoms with E-state index in [4.69, 9.17) is 4.74 Å². The maximum absolute atomic E-state index is 14.6. The van der Waals surface area contributed by atoms with Crippen LogP contribution in [0.2, 0.25) is 0 Å². The van der Waals surface area contributed by atoms with Gasteiger partial charge in [-0.15, -0.1) is 0 Å². The molecule has 4 aromatic rings. The maximum Gasteiger partial charge on any atom is 0.257 e. The smallest absolute Gasteiger partial charge is 0.257 e. The zero-order valence-corrected chi connectivity index (χ0v) is 18.8. The summed E-state index contributed by atoms with van der Waals surface area (Å²) in [5.74, 6) is 0.427. The van der Waals surface area contributed by atoms with Crippen LogP contribution in [-0.2, 0) is 0 Å². The average Bonchev–Trinajstić information content (AvgIpc) is 3.32. The number of fused-ring (bicyclic) bond motifs is 1. The Balaban J connectivity index is 1.36. The summed E-state index contributed by atoms with van der Waals surface area (Å²) in [5, 5.41) is 3.98. The summed E-state index contributed by atoms with van der Waals surface area (Å²) in [7, 11) is 1.56. The standard InChI is InChI=1S/C25H25FN6O2/c1-34-21-10-3-2-8-18(21)25(33)32-12-5-4-7-16(32)13-28-24-20(26)15-30-23(31-24)19-14-29-22-17(19)9-6-11-27-22/h2-3,6,8-11,14-16H,4-5,7,12-13H2,1H3,(H,27,29)(H,28,30,31)/t16-/m0/s1. The number of anilines is 1. The average molecular weight is 461 g/mol. The van der Waals surface area contributed by atoms with Crippen LogP contribution in [0.15, 0.2) is 55.0 Å². The fourth-order valence-electron chi connectivity index (χ4n) is 4.43. The first-order valence-electron chi connectivity index (χ1n) is 11.3. The van der Waals surface area contributed by atoms with Crippen molar-refractivity contribution < 1.29 is 13.9 Å². The van der Waals surface area contributed by atoms with Gasteiger partial charge in [0, 0.05) is 42.5 Å². The molecule has 0 radical (unpaired) electrons. The van der Waals surface area contributed by atoms with Crippen molar-refractivity contribution in [3.8, 4) is 17.1 Å². The van der Waals surface area contributed by atoms with E-state index in [1.807, 2.05) is 29.2 Å². The SMILES string of the molecule is COc1ccccc1C(=O)N1CCCC[C@H]1CNc1nc(-c2c[nH]c3ncccc23)ncc1F. The first-order chi connectivity index (χ1) is 16.7. The molecule has 0 spiro atoms. The fraction of sp³-hybridized carbons (Fsp3) is 0.280. The van der Waals surface area contributed by atoms with Crippen molar-refractivity contribution in [2.45, 2.75) is 25.3 Å². The molecule has 1 aromatic carbocycles. The van der Waals surface area contributed by atoms with Gasteiger partial charge in [0.05, 0.1) is 18.9 Å². The van der Waals surface area contributed by atoms with Crippen molar-refractivity contribution >= 4 is 22.8 Å². The molecule has 1 fully saturated rings. The summed E-state index contributed by atoms with van der Waals surface area (Å²) >= 11 is 0. The minimum atomic E-state index is -0.542. The lowest BCUT2D eigenvalue weighted by molar-refractivity contribution is 0.0625. The number of hydrogen-bond donors (Lipinski definition) is 2. The molecule has 2 N–H and O–H groups in total. The van der Waals surface area contributed by atoms with Crippen LogP contribution in [0.5, 0.6) is 5.75 Å². The van der Waals surface area contributed by atoms with Crippen molar-refractivity contribution in [2.75, 3.05) is 25.5 Å². The van der Waals surface area contributed by atoms with Gasteiger partial charge >= 0.3 is 0 Å². The predicted molar refractivity (Wildman–Crippen MR) is 127 cm³/mol. The van der Waals surface area contributed by atoms with E-state index in [1.165, 1.54) is 6.20 Å². The number of carbonyl (C=O) groups is 1. The molecule has 174 valence electrons. The molecule has 0 bridgehead atoms. The summed E-state index contributed by atoms with van der Waals surface area (Å²) in [6.07, 6.45) is 7.38. The van der Waals surface area contributed by atoms with Crippen LogP contribution in [0.4, 0.5) is 10.2 Å². The number of nitrogens with zero attached hydrogens (tertiary/aromatic N) is 4. The number of piperidine rings is 1. The molecule has 1 aliphatic rings. The number of carbonyl (C=O) groups excluding carboxylic acids is 1. The molecule has 0 saturated carbocycles. The number of pyridine rings is 1. The van der Waals surface area contributed by atoms with Crippen molar-refractivity contribution in [3.05, 3.63) is 66.4 Å². The van der Waals surface area contributed by atoms with Crippen LogP contribution >= 0.6 is 0 Å². The Kier molecular flexibility index (Phi) is 6.07. The highest BCUT2D eigenvalue weighted by atomic mass is 19.1. The van der Waals surface area contributed by atoms with Crippen molar-refractivity contribution in [1.82, 2.24) is 24.8 Å². The molecule has 0 aliphatic carbocycles. The van der Waals surface area contributed by atoms with Gasteiger partial charge < -0.3 is 19.9 Å². The number of rotatable bonds is 6. The van der Waals surface area contributed by atoms with E-state index in [1.54, 1.807) is 31.6 Å². The number of aromatic nitrogens is 4. The fourth-order valence-corrected chi connectivity index (χ4v) is 4.43. The van der Waals surface area contributed by atoms with E-state index in [-0.39, 0.29) is 17.8 Å². The number of nitrogens with one attached hydrogen (secondary N) is 2. The predicted octanol–water partition coefficient (Wildman–Crippen LogP) is 4.27. The van der Waals surface area contributed by atoms with Crippen molar-refractivity contribution in [1.29, 1.82) is 0 Å². The van der Waals surface area contributed by atoms with Gasteiger partial charge in [0.25, 0.3) is 5.91 Å². The Morgan fingerprint density at radius 2 is 2.12 bits per heavy atom. The van der Waals surface area contributed by atoms with Crippen LogP contribution in [0.3, 0.4) is 0 Å². The van der Waals surface area contributed by atoms with Crippen LogP contribution in [0.25, 0.3) is 22.4 Å². The van der Waals surface area contributed by atoms with Crippen LogP contribution in [0, 0.1) is 5.82 Å². The van der Waals surface area contributed by atoms with Gasteiger partial charge in [-0.05, 0) is 43.5 Å². The van der Waals surface area contributed by atoms with Gasteiger partial charge in [-0.25, -0.2) is 19.3 Å². The molecule has 4 heterocycles. The Hall–Kier alpha value is -4.01. The molecule has 1 aliphatic heterocycles. The van der Waals surface area contributed by atoms with Crippen LogP contribution < -0.4 is 10.1 Å². The maximum atomic E-state index is 14.6. The lowest BCUT2D eigenvalue weighted by Gasteiger charge is -2.36. The minimum absolute atomic E-state index is 0.0842. The number of H-pyrrole nitrogens is 1. The topological polar surface area (TPSA) is 96.0 Å². The normalized spacial score (nSPS) is 15.9. The monoisotopic (exact) mass is 460 g/mol. The number of hydrogen-bond acceptors (Lipinski definition) is 6. The van der Waals surface area contributed by atoms with Gasteiger partial charge in [-0.1, -0.05) is 12.1 Å². The minimum Gasteiger partial charge on any atom is -0.496 e. The molecular formula is C25H25FN6O2. The van der Waals surface area contributed by atoms with Crippen molar-refractivity contribution in [3.63, 3.8) is 0 Å². The Labute approximate surface area is 196 Å². The number of ether oxygens (including phenoxy) is 1. The Bertz CT molecular complexity index is 1320. The molecule has 9 heteroatoms. The summed E-state index contributed by atoms with van der Waals surface area (Å²) in [6, 6.07) is 10.9. The zero-order valence-electron chi connectivity index (χ0n) is 18.8. The molecule has 8 nitrogen and oxygen atoms in total. The van der Waals surface area contributed by atoms with Gasteiger partial charge in [-0.2, -0.15) is 0 Å². The molecule has 0 unspecified atom stereocenters. The van der Waals surface area contributed by atoms with Gasteiger partial charge in [0.2, 0.25) is 0 Å². The number of likely N-dealkylation sites (tertiary alicyclic amines) is 1. The van der Waals surface area contributed by atoms with Gasteiger partial charge in [0.1, 0.15) is 11.4 Å². The lowest BCUT2D eigenvalue weighted by Crippen LogP contribution is -2.47. The Morgan fingerprint density at radius 3 is 3.00 bits per heavy atom. The number of methoxy groups -OCH3 is 1. The second kappa shape index (κ2) is 9.46. The number of halogens is 1. The molecule has 1 saturated heterocycles.